The summed E-state index contributed by atoms with van der Waals surface area (Å²) in [6, 6.07) is 12.0. The maximum atomic E-state index is 12.9. The van der Waals surface area contributed by atoms with Gasteiger partial charge in [0.1, 0.15) is 0 Å². The van der Waals surface area contributed by atoms with Gasteiger partial charge in [-0.15, -0.1) is 11.3 Å². The van der Waals surface area contributed by atoms with Crippen LogP contribution in [-0.4, -0.2) is 59.9 Å². The first-order chi connectivity index (χ1) is 13.1. The third-order valence-electron chi connectivity index (χ3n) is 5.46. The lowest BCUT2D eigenvalue weighted by Gasteiger charge is -2.40. The summed E-state index contributed by atoms with van der Waals surface area (Å²) in [4.78, 5) is 29.8. The minimum absolute atomic E-state index is 0.136. The van der Waals surface area contributed by atoms with Gasteiger partial charge in [-0.25, -0.2) is 0 Å². The minimum atomic E-state index is -0.386. The van der Waals surface area contributed by atoms with Crippen molar-refractivity contribution >= 4 is 23.2 Å². The molecule has 4 rings (SSSR count). The van der Waals surface area contributed by atoms with Crippen LogP contribution in [0.1, 0.15) is 32.0 Å². The first-order valence-corrected chi connectivity index (χ1v) is 10.2. The van der Waals surface area contributed by atoms with Gasteiger partial charge in [-0.2, -0.15) is 0 Å². The summed E-state index contributed by atoms with van der Waals surface area (Å²) in [5, 5.41) is 5.28. The quantitative estimate of drug-likeness (QED) is 0.792. The van der Waals surface area contributed by atoms with Crippen molar-refractivity contribution in [1.82, 2.24) is 15.1 Å². The highest BCUT2D eigenvalue weighted by atomic mass is 32.1. The van der Waals surface area contributed by atoms with E-state index >= 15 is 0 Å². The maximum Gasteiger partial charge on any atom is 0.254 e. The zero-order valence-electron chi connectivity index (χ0n) is 15.1. The van der Waals surface area contributed by atoms with E-state index in [-0.39, 0.29) is 11.8 Å². The Morgan fingerprint density at radius 2 is 2.00 bits per heavy atom. The smallest absolute Gasteiger partial charge is 0.254 e. The zero-order valence-corrected chi connectivity index (χ0v) is 16.0. The van der Waals surface area contributed by atoms with Crippen molar-refractivity contribution in [1.29, 1.82) is 0 Å². The van der Waals surface area contributed by atoms with Gasteiger partial charge in [0, 0.05) is 60.6 Å². The van der Waals surface area contributed by atoms with Gasteiger partial charge in [0.05, 0.1) is 5.56 Å². The molecule has 6 nitrogen and oxygen atoms in total. The first-order valence-electron chi connectivity index (χ1n) is 9.30. The average molecular weight is 385 g/mol. The Labute approximate surface area is 162 Å². The number of carbonyl (C=O) groups is 2. The van der Waals surface area contributed by atoms with Crippen LogP contribution in [0.5, 0.6) is 0 Å². The van der Waals surface area contributed by atoms with E-state index in [0.29, 0.717) is 24.2 Å². The molecule has 1 aromatic carbocycles. The molecule has 0 aliphatic carbocycles. The molecule has 2 aliphatic rings. The van der Waals surface area contributed by atoms with E-state index in [0.717, 1.165) is 43.0 Å². The predicted octanol–water partition coefficient (Wildman–Crippen LogP) is 1.54. The first kappa shape index (κ1) is 18.2. The van der Waals surface area contributed by atoms with Crippen LogP contribution in [0.3, 0.4) is 0 Å². The van der Waals surface area contributed by atoms with Crippen LogP contribution < -0.4 is 11.1 Å². The summed E-state index contributed by atoms with van der Waals surface area (Å²) in [6.07, 6.45) is 1.04. The number of rotatable bonds is 6. The summed E-state index contributed by atoms with van der Waals surface area (Å²) in [5.41, 5.74) is 6.64. The molecule has 1 aromatic heterocycles. The Kier molecular flexibility index (Phi) is 5.24. The monoisotopic (exact) mass is 384 g/mol. The molecule has 2 aromatic rings. The molecule has 2 aliphatic heterocycles. The summed E-state index contributed by atoms with van der Waals surface area (Å²) in [5.74, 6) is -0.250. The van der Waals surface area contributed by atoms with E-state index in [1.165, 1.54) is 0 Å². The summed E-state index contributed by atoms with van der Waals surface area (Å²) < 4.78 is 0. The number of nitrogens with one attached hydrogen (secondary N) is 1. The SMILES string of the molecule is NC(=O)c1csc(CNC[C@@H]2CN(C(=O)c3ccccc3)[C@H]3CCN2C3)c1. The number of benzene rings is 1. The largest absolute Gasteiger partial charge is 0.366 e. The lowest BCUT2D eigenvalue weighted by molar-refractivity contribution is 0.0495. The molecule has 0 spiro atoms. The van der Waals surface area contributed by atoms with Gasteiger partial charge in [0.15, 0.2) is 0 Å². The molecular weight excluding hydrogens is 360 g/mol. The minimum Gasteiger partial charge on any atom is -0.366 e. The van der Waals surface area contributed by atoms with Gasteiger partial charge in [-0.1, -0.05) is 18.2 Å². The number of piperazine rings is 1. The molecule has 2 bridgehead atoms. The second-order valence-corrected chi connectivity index (χ2v) is 8.21. The van der Waals surface area contributed by atoms with Gasteiger partial charge in [-0.05, 0) is 24.6 Å². The van der Waals surface area contributed by atoms with Crippen molar-refractivity contribution in [3.63, 3.8) is 0 Å². The molecule has 0 radical (unpaired) electrons. The topological polar surface area (TPSA) is 78.7 Å². The van der Waals surface area contributed by atoms with E-state index in [4.69, 9.17) is 5.73 Å². The Morgan fingerprint density at radius 3 is 2.74 bits per heavy atom. The van der Waals surface area contributed by atoms with Crippen LogP contribution in [-0.2, 0) is 6.54 Å². The number of carbonyl (C=O) groups excluding carboxylic acids is 2. The Hall–Kier alpha value is -2.22. The van der Waals surface area contributed by atoms with Crippen molar-refractivity contribution < 1.29 is 9.59 Å². The number of nitrogens with zero attached hydrogens (tertiary/aromatic N) is 2. The highest BCUT2D eigenvalue weighted by Crippen LogP contribution is 2.26. The number of hydrogen-bond donors (Lipinski definition) is 2. The lowest BCUT2D eigenvalue weighted by atomic mass is 10.1. The molecule has 1 unspecified atom stereocenters. The van der Waals surface area contributed by atoms with Crippen molar-refractivity contribution in [2.45, 2.75) is 25.0 Å². The maximum absolute atomic E-state index is 12.9. The zero-order chi connectivity index (χ0) is 18.8. The van der Waals surface area contributed by atoms with Crippen LogP contribution in [0.15, 0.2) is 41.8 Å². The fraction of sp³-hybridized carbons (Fsp3) is 0.400. The van der Waals surface area contributed by atoms with Crippen LogP contribution in [0.4, 0.5) is 0 Å². The number of fused-ring (bicyclic) bond motifs is 2. The van der Waals surface area contributed by atoms with Crippen molar-refractivity contribution in [2.24, 2.45) is 5.73 Å². The Bertz CT molecular complexity index is 822. The molecule has 2 fully saturated rings. The third kappa shape index (κ3) is 3.90. The number of nitrogens with two attached hydrogens (primary N) is 1. The van der Waals surface area contributed by atoms with E-state index in [9.17, 15) is 9.59 Å². The standard InChI is InChI=1S/C20H24N4O2S/c21-19(25)15-8-18(27-13-15)10-22-9-17-12-24(16-6-7-23(17)11-16)20(26)14-4-2-1-3-5-14/h1-5,8,13,16-17,22H,6-7,9-12H2,(H2,21,25)/t16-,17+/m0/s1. The average Bonchev–Trinajstić information content (AvgIpc) is 3.32. The normalized spacial score (nSPS) is 24.1. The van der Waals surface area contributed by atoms with E-state index in [1.54, 1.807) is 16.7 Å². The number of hydrogen-bond acceptors (Lipinski definition) is 5. The molecule has 3 atom stereocenters. The summed E-state index contributed by atoms with van der Waals surface area (Å²) in [7, 11) is 0. The Balaban J connectivity index is 1.36. The third-order valence-corrected chi connectivity index (χ3v) is 6.40. The highest BCUT2D eigenvalue weighted by Gasteiger charge is 2.40. The van der Waals surface area contributed by atoms with Crippen molar-refractivity contribution in [3.05, 3.63) is 57.8 Å². The lowest BCUT2D eigenvalue weighted by Crippen LogP contribution is -2.57. The van der Waals surface area contributed by atoms with Gasteiger partial charge in [-0.3, -0.25) is 14.5 Å². The molecule has 3 N–H and O–H groups in total. The molecule has 2 saturated heterocycles. The molecule has 0 saturated carbocycles. The second kappa shape index (κ2) is 7.80. The predicted molar refractivity (Wildman–Crippen MR) is 106 cm³/mol. The van der Waals surface area contributed by atoms with Gasteiger partial charge < -0.3 is 16.0 Å². The van der Waals surface area contributed by atoms with Crippen LogP contribution in [0.25, 0.3) is 0 Å². The number of thiophene rings is 1. The number of amides is 2. The molecule has 142 valence electrons. The van der Waals surface area contributed by atoms with Gasteiger partial charge >= 0.3 is 0 Å². The van der Waals surface area contributed by atoms with Crippen LogP contribution in [0, 0.1) is 0 Å². The fourth-order valence-corrected chi connectivity index (χ4v) is 4.84. The molecule has 7 heteroatoms. The van der Waals surface area contributed by atoms with Crippen LogP contribution in [0.2, 0.25) is 0 Å². The summed E-state index contributed by atoms with van der Waals surface area (Å²) >= 11 is 1.54. The van der Waals surface area contributed by atoms with E-state index in [1.807, 2.05) is 36.4 Å². The van der Waals surface area contributed by atoms with Gasteiger partial charge in [0.25, 0.3) is 5.91 Å². The van der Waals surface area contributed by atoms with Gasteiger partial charge in [0.2, 0.25) is 5.91 Å². The van der Waals surface area contributed by atoms with Crippen molar-refractivity contribution in [3.8, 4) is 0 Å². The van der Waals surface area contributed by atoms with Crippen molar-refractivity contribution in [2.75, 3.05) is 26.2 Å². The van der Waals surface area contributed by atoms with Crippen LogP contribution >= 0.6 is 11.3 Å². The highest BCUT2D eigenvalue weighted by molar-refractivity contribution is 7.10. The fourth-order valence-electron chi connectivity index (χ4n) is 4.00. The van der Waals surface area contributed by atoms with E-state index in [2.05, 4.69) is 15.1 Å². The molecular formula is C20H24N4O2S. The molecule has 3 heterocycles. The molecule has 27 heavy (non-hydrogen) atoms. The summed E-state index contributed by atoms with van der Waals surface area (Å²) in [6.45, 7) is 4.27. The van der Waals surface area contributed by atoms with E-state index < -0.39 is 0 Å². The number of primary amides is 1. The Morgan fingerprint density at radius 1 is 1.19 bits per heavy atom. The second-order valence-electron chi connectivity index (χ2n) is 7.21. The molecule has 2 amide bonds.